The van der Waals surface area contributed by atoms with Gasteiger partial charge in [0.1, 0.15) is 11.3 Å². The van der Waals surface area contributed by atoms with Gasteiger partial charge in [0, 0.05) is 17.6 Å². The van der Waals surface area contributed by atoms with E-state index in [1.165, 1.54) is 36.5 Å². The average molecular weight is 338 g/mol. The van der Waals surface area contributed by atoms with E-state index >= 15 is 0 Å². The van der Waals surface area contributed by atoms with Gasteiger partial charge in [-0.25, -0.2) is 0 Å². The lowest BCUT2D eigenvalue weighted by molar-refractivity contribution is -0.297. The number of anilines is 1. The van der Waals surface area contributed by atoms with Crippen molar-refractivity contribution in [3.05, 3.63) is 47.2 Å². The van der Waals surface area contributed by atoms with E-state index in [0.717, 1.165) is 29.3 Å². The molecule has 132 valence electrons. The number of aliphatic carboxylic acids is 1. The average Bonchev–Trinajstić information content (AvgIpc) is 2.95. The molecule has 0 bridgehead atoms. The van der Waals surface area contributed by atoms with Crippen molar-refractivity contribution in [1.29, 1.82) is 0 Å². The third-order valence-electron chi connectivity index (χ3n) is 5.11. The molecule has 1 aromatic carbocycles. The number of furan rings is 1. The second-order valence-electron chi connectivity index (χ2n) is 7.37. The molecule has 0 aliphatic heterocycles. The topological polar surface area (TPSA) is 65.3 Å². The van der Waals surface area contributed by atoms with Crippen LogP contribution in [-0.4, -0.2) is 12.5 Å². The van der Waals surface area contributed by atoms with E-state index in [-0.39, 0.29) is 5.41 Å². The number of carbonyl (C=O) groups excluding carboxylic acids is 1. The molecular formula is C21H24NO3-. The largest absolute Gasteiger partial charge is 0.545 e. The molecule has 4 heteroatoms. The molecule has 0 amide bonds. The van der Waals surface area contributed by atoms with E-state index in [1.54, 1.807) is 0 Å². The minimum absolute atomic E-state index is 0.224. The second-order valence-corrected chi connectivity index (χ2v) is 7.37. The van der Waals surface area contributed by atoms with Crippen LogP contribution in [0, 0.1) is 5.41 Å². The van der Waals surface area contributed by atoms with Gasteiger partial charge in [-0.05, 0) is 67.5 Å². The zero-order chi connectivity index (χ0) is 18.0. The lowest BCUT2D eigenvalue weighted by Gasteiger charge is -2.35. The molecule has 1 aliphatic carbocycles. The fourth-order valence-corrected chi connectivity index (χ4v) is 3.72. The van der Waals surface area contributed by atoms with Crippen LogP contribution in [0.5, 0.6) is 0 Å². The van der Waals surface area contributed by atoms with Crippen molar-refractivity contribution in [3.8, 4) is 0 Å². The Bertz CT molecular complexity index is 855. The highest BCUT2D eigenvalue weighted by Gasteiger charge is 2.28. The molecule has 1 N–H and O–H groups in total. The Morgan fingerprint density at radius 2 is 2.20 bits per heavy atom. The normalized spacial score (nSPS) is 17.4. The van der Waals surface area contributed by atoms with Gasteiger partial charge >= 0.3 is 0 Å². The molecule has 4 nitrogen and oxygen atoms in total. The molecule has 0 atom stereocenters. The summed E-state index contributed by atoms with van der Waals surface area (Å²) in [5.41, 5.74) is 4.92. The minimum Gasteiger partial charge on any atom is -0.545 e. The molecule has 0 spiro atoms. The third-order valence-corrected chi connectivity index (χ3v) is 5.11. The summed E-state index contributed by atoms with van der Waals surface area (Å²) in [6.07, 6.45) is 6.04. The van der Waals surface area contributed by atoms with Crippen molar-refractivity contribution in [1.82, 2.24) is 0 Å². The molecular weight excluding hydrogens is 314 g/mol. The molecule has 2 aromatic rings. The molecule has 0 saturated carbocycles. The Balaban J connectivity index is 1.85. The Labute approximate surface area is 148 Å². The van der Waals surface area contributed by atoms with Crippen molar-refractivity contribution in [2.45, 2.75) is 40.0 Å². The summed E-state index contributed by atoms with van der Waals surface area (Å²) < 4.78 is 5.68. The van der Waals surface area contributed by atoms with Gasteiger partial charge in [0.15, 0.2) is 0 Å². The maximum atomic E-state index is 10.6. The predicted octanol–water partition coefficient (Wildman–Crippen LogP) is 4.13. The quantitative estimate of drug-likeness (QED) is 0.657. The van der Waals surface area contributed by atoms with Crippen LogP contribution in [0.3, 0.4) is 0 Å². The smallest absolute Gasteiger partial charge is 0.136 e. The highest BCUT2D eigenvalue weighted by Crippen LogP contribution is 2.40. The van der Waals surface area contributed by atoms with Crippen LogP contribution in [-0.2, 0) is 4.79 Å². The molecule has 0 fully saturated rings. The number of fused-ring (bicyclic) bond motifs is 1. The number of allylic oxidation sites excluding steroid dienone is 1. The molecule has 0 saturated heterocycles. The molecule has 0 radical (unpaired) electrons. The first kappa shape index (κ1) is 17.3. The zero-order valence-corrected chi connectivity index (χ0v) is 15.0. The van der Waals surface area contributed by atoms with E-state index < -0.39 is 5.97 Å². The van der Waals surface area contributed by atoms with Crippen molar-refractivity contribution in [2.75, 3.05) is 11.9 Å². The van der Waals surface area contributed by atoms with Crippen LogP contribution >= 0.6 is 0 Å². The molecule has 3 rings (SSSR count). The number of carboxylic acid groups (broad SMARTS) is 1. The predicted molar refractivity (Wildman–Crippen MR) is 99.1 cm³/mol. The maximum absolute atomic E-state index is 10.6. The van der Waals surface area contributed by atoms with Crippen molar-refractivity contribution >= 4 is 28.7 Å². The number of benzene rings is 1. The monoisotopic (exact) mass is 338 g/mol. The summed E-state index contributed by atoms with van der Waals surface area (Å²) in [5, 5.41) is 15.1. The first-order chi connectivity index (χ1) is 11.9. The fourth-order valence-electron chi connectivity index (χ4n) is 3.72. The van der Waals surface area contributed by atoms with Crippen molar-refractivity contribution in [3.63, 3.8) is 0 Å². The van der Waals surface area contributed by atoms with Crippen LogP contribution in [0.2, 0.25) is 0 Å². The molecule has 1 aliphatic rings. The number of hydrogen-bond donors (Lipinski definition) is 1. The van der Waals surface area contributed by atoms with Crippen LogP contribution in [0.4, 0.5) is 5.69 Å². The van der Waals surface area contributed by atoms with E-state index in [0.29, 0.717) is 5.76 Å². The molecule has 1 aromatic heterocycles. The number of rotatable bonds is 5. The number of carboxylic acids is 1. The van der Waals surface area contributed by atoms with E-state index in [4.69, 9.17) is 4.42 Å². The summed E-state index contributed by atoms with van der Waals surface area (Å²) in [5.74, 6) is -0.734. The number of nitrogens with one attached hydrogen (secondary N) is 1. The van der Waals surface area contributed by atoms with E-state index in [9.17, 15) is 9.90 Å². The van der Waals surface area contributed by atoms with E-state index in [1.807, 2.05) is 24.3 Å². The van der Waals surface area contributed by atoms with Crippen molar-refractivity contribution in [2.24, 2.45) is 5.41 Å². The first-order valence-electron chi connectivity index (χ1n) is 8.71. The van der Waals surface area contributed by atoms with Crippen LogP contribution in [0.1, 0.15) is 45.8 Å². The van der Waals surface area contributed by atoms with Crippen LogP contribution < -0.4 is 10.4 Å². The molecule has 25 heavy (non-hydrogen) atoms. The summed E-state index contributed by atoms with van der Waals surface area (Å²) in [6, 6.07) is 7.69. The Hall–Kier alpha value is -2.49. The Kier molecular flexibility index (Phi) is 4.71. The van der Waals surface area contributed by atoms with Gasteiger partial charge in [0.05, 0.1) is 5.97 Å². The first-order valence-corrected chi connectivity index (χ1v) is 8.71. The van der Waals surface area contributed by atoms with Gasteiger partial charge in [0.25, 0.3) is 0 Å². The number of carbonyl (C=O) groups is 1. The Morgan fingerprint density at radius 1 is 1.40 bits per heavy atom. The van der Waals surface area contributed by atoms with Gasteiger partial charge in [-0.1, -0.05) is 25.5 Å². The zero-order valence-electron chi connectivity index (χ0n) is 15.0. The van der Waals surface area contributed by atoms with Crippen LogP contribution in [0.15, 0.2) is 45.9 Å². The second kappa shape index (κ2) is 6.79. The fraction of sp³-hybridized carbons (Fsp3) is 0.381. The number of hydrogen-bond acceptors (Lipinski definition) is 4. The van der Waals surface area contributed by atoms with Gasteiger partial charge in [0.2, 0.25) is 0 Å². The Morgan fingerprint density at radius 3 is 2.92 bits per heavy atom. The van der Waals surface area contributed by atoms with Crippen molar-refractivity contribution < 1.29 is 14.3 Å². The lowest BCUT2D eigenvalue weighted by Crippen LogP contribution is -2.25. The lowest BCUT2D eigenvalue weighted by atomic mass is 9.73. The van der Waals surface area contributed by atoms with Crippen LogP contribution in [0.25, 0.3) is 17.0 Å². The summed E-state index contributed by atoms with van der Waals surface area (Å²) in [4.78, 5) is 10.6. The highest BCUT2D eigenvalue weighted by molar-refractivity contribution is 5.93. The molecule has 0 unspecified atom stereocenters. The maximum Gasteiger partial charge on any atom is 0.136 e. The van der Waals surface area contributed by atoms with E-state index in [2.05, 4.69) is 26.1 Å². The summed E-state index contributed by atoms with van der Waals surface area (Å²) in [6.45, 7) is 7.68. The summed E-state index contributed by atoms with van der Waals surface area (Å²) in [7, 11) is 0. The minimum atomic E-state index is -1.24. The standard InChI is InChI=1S/C21H25NO3/c1-14-6-5-11-21(2,3)17(14)13-22-18-7-4-8-19-16(18)12-15(25-19)9-10-20(23)24/h4,7-10,12,22H,5-6,11,13H2,1-3H3,(H,23,24)/p-1/b10-9+. The summed E-state index contributed by atoms with van der Waals surface area (Å²) >= 11 is 0. The van der Waals surface area contributed by atoms with Gasteiger partial charge < -0.3 is 19.6 Å². The van der Waals surface area contributed by atoms with Gasteiger partial charge in [-0.15, -0.1) is 0 Å². The van der Waals surface area contributed by atoms with Gasteiger partial charge in [-0.3, -0.25) is 0 Å². The SMILES string of the molecule is CC1=C(CNc2cccc3oc(/C=C/C(=O)[O-])cc23)C(C)(C)CCC1. The third kappa shape index (κ3) is 3.78. The molecule has 1 heterocycles. The highest BCUT2D eigenvalue weighted by atomic mass is 16.4. The van der Waals surface area contributed by atoms with Gasteiger partial charge in [-0.2, -0.15) is 0 Å².